The fourth-order valence-corrected chi connectivity index (χ4v) is 4.09. The van der Waals surface area contributed by atoms with Crippen molar-refractivity contribution in [2.75, 3.05) is 11.4 Å². The van der Waals surface area contributed by atoms with E-state index in [1.807, 2.05) is 36.4 Å². The maximum atomic E-state index is 12.7. The molecule has 0 fully saturated rings. The average molecular weight is 331 g/mol. The Morgan fingerprint density at radius 1 is 1.16 bits per heavy atom. The largest absolute Gasteiger partial charge is 0.469 e. The van der Waals surface area contributed by atoms with Gasteiger partial charge in [-0.15, -0.1) is 6.58 Å². The van der Waals surface area contributed by atoms with Crippen molar-refractivity contribution in [1.82, 2.24) is 0 Å². The topological polar surface area (TPSA) is 42.7 Å². The van der Waals surface area contributed by atoms with Gasteiger partial charge in [0, 0.05) is 24.6 Å². The number of nitrogens with zero attached hydrogens (tertiary/aromatic N) is 1. The van der Waals surface area contributed by atoms with Crippen LogP contribution in [0.5, 0.6) is 5.75 Å². The molecule has 2 aliphatic rings. The standard InChI is InChI=1S/C21H17NO3/c1-2-11-22-16-9-5-3-7-13(16)15-12-18(22)25-20-14-8-4-6-10-17(14)24-21(23)19(15)20/h2-10,15,18H,1,11-12H2. The molecule has 0 saturated carbocycles. The van der Waals surface area contributed by atoms with Gasteiger partial charge in [0.15, 0.2) is 6.23 Å². The molecule has 5 rings (SSSR count). The molecule has 2 aromatic carbocycles. The minimum absolute atomic E-state index is 0.00753. The number of benzene rings is 2. The molecule has 25 heavy (non-hydrogen) atoms. The van der Waals surface area contributed by atoms with Gasteiger partial charge in [-0.05, 0) is 23.8 Å². The van der Waals surface area contributed by atoms with Crippen LogP contribution in [0.2, 0.25) is 0 Å². The number of fused-ring (bicyclic) bond motifs is 8. The number of hydrogen-bond acceptors (Lipinski definition) is 4. The molecule has 0 amide bonds. The summed E-state index contributed by atoms with van der Waals surface area (Å²) in [5, 5.41) is 0.852. The first-order chi connectivity index (χ1) is 12.3. The first-order valence-electron chi connectivity index (χ1n) is 8.47. The Morgan fingerprint density at radius 3 is 2.84 bits per heavy atom. The zero-order chi connectivity index (χ0) is 17.0. The van der Waals surface area contributed by atoms with E-state index >= 15 is 0 Å². The van der Waals surface area contributed by atoms with Crippen molar-refractivity contribution in [3.8, 4) is 5.75 Å². The third-order valence-corrected chi connectivity index (χ3v) is 5.13. The van der Waals surface area contributed by atoms with Crippen molar-refractivity contribution in [3.63, 3.8) is 0 Å². The Bertz CT molecular complexity index is 1050. The van der Waals surface area contributed by atoms with E-state index in [0.717, 1.165) is 23.1 Å². The molecule has 3 heterocycles. The van der Waals surface area contributed by atoms with Crippen LogP contribution in [-0.4, -0.2) is 12.8 Å². The molecule has 0 saturated heterocycles. The summed E-state index contributed by atoms with van der Waals surface area (Å²) in [7, 11) is 0. The molecule has 4 nitrogen and oxygen atoms in total. The van der Waals surface area contributed by atoms with Crippen LogP contribution in [0.1, 0.15) is 23.5 Å². The molecule has 2 atom stereocenters. The normalized spacial score (nSPS) is 20.6. The molecule has 0 N–H and O–H groups in total. The molecule has 1 aromatic heterocycles. The summed E-state index contributed by atoms with van der Waals surface area (Å²) in [4.78, 5) is 14.9. The molecule has 4 heteroatoms. The lowest BCUT2D eigenvalue weighted by Gasteiger charge is -2.45. The summed E-state index contributed by atoms with van der Waals surface area (Å²) in [6, 6.07) is 15.8. The van der Waals surface area contributed by atoms with Crippen LogP contribution in [0, 0.1) is 0 Å². The van der Waals surface area contributed by atoms with Crippen molar-refractivity contribution < 1.29 is 9.15 Å². The molecule has 0 radical (unpaired) electrons. The van der Waals surface area contributed by atoms with E-state index in [0.29, 0.717) is 23.4 Å². The van der Waals surface area contributed by atoms with Gasteiger partial charge >= 0.3 is 5.63 Å². The van der Waals surface area contributed by atoms with Gasteiger partial charge in [0.1, 0.15) is 11.3 Å². The Morgan fingerprint density at radius 2 is 1.96 bits per heavy atom. The second kappa shape index (κ2) is 5.24. The molecule has 3 aromatic rings. The van der Waals surface area contributed by atoms with Crippen LogP contribution in [0.4, 0.5) is 5.69 Å². The van der Waals surface area contributed by atoms with Gasteiger partial charge < -0.3 is 14.1 Å². The van der Waals surface area contributed by atoms with E-state index in [-0.39, 0.29) is 17.8 Å². The van der Waals surface area contributed by atoms with Crippen molar-refractivity contribution in [2.45, 2.75) is 18.6 Å². The second-order valence-corrected chi connectivity index (χ2v) is 6.49. The Hall–Kier alpha value is -3.01. The van der Waals surface area contributed by atoms with Crippen LogP contribution < -0.4 is 15.3 Å². The quantitative estimate of drug-likeness (QED) is 0.525. The highest BCUT2D eigenvalue weighted by Gasteiger charge is 2.42. The molecule has 2 bridgehead atoms. The molecular formula is C21H17NO3. The third-order valence-electron chi connectivity index (χ3n) is 5.13. The maximum Gasteiger partial charge on any atom is 0.343 e. The number of hydrogen-bond donors (Lipinski definition) is 0. The molecule has 124 valence electrons. The van der Waals surface area contributed by atoms with Gasteiger partial charge in [0.25, 0.3) is 0 Å². The van der Waals surface area contributed by atoms with Gasteiger partial charge in [-0.3, -0.25) is 0 Å². The number of ether oxygens (including phenoxy) is 1. The lowest BCUT2D eigenvalue weighted by molar-refractivity contribution is 0.154. The van der Waals surface area contributed by atoms with E-state index in [1.54, 1.807) is 6.07 Å². The lowest BCUT2D eigenvalue weighted by atomic mass is 9.81. The van der Waals surface area contributed by atoms with Gasteiger partial charge in [-0.1, -0.05) is 36.4 Å². The van der Waals surface area contributed by atoms with Gasteiger partial charge in [0.2, 0.25) is 0 Å². The fourth-order valence-electron chi connectivity index (χ4n) is 4.09. The summed E-state index contributed by atoms with van der Waals surface area (Å²) in [5.74, 6) is 0.656. The molecule has 0 aliphatic carbocycles. The predicted molar refractivity (Wildman–Crippen MR) is 97.3 cm³/mol. The molecule has 2 aliphatic heterocycles. The van der Waals surface area contributed by atoms with Crippen molar-refractivity contribution >= 4 is 16.7 Å². The van der Waals surface area contributed by atoms with Gasteiger partial charge in [0.05, 0.1) is 10.9 Å². The smallest absolute Gasteiger partial charge is 0.343 e. The molecular weight excluding hydrogens is 314 g/mol. The monoisotopic (exact) mass is 331 g/mol. The van der Waals surface area contributed by atoms with Crippen molar-refractivity contribution in [2.24, 2.45) is 0 Å². The summed E-state index contributed by atoms with van der Waals surface area (Å²) in [6.07, 6.45) is 2.50. The van der Waals surface area contributed by atoms with Crippen LogP contribution in [0.3, 0.4) is 0 Å². The summed E-state index contributed by atoms with van der Waals surface area (Å²) >= 11 is 0. The highest BCUT2D eigenvalue weighted by Crippen LogP contribution is 2.49. The Balaban J connectivity index is 1.81. The Kier molecular flexibility index (Phi) is 3.01. The van der Waals surface area contributed by atoms with Crippen molar-refractivity contribution in [1.29, 1.82) is 0 Å². The van der Waals surface area contributed by atoms with E-state index in [4.69, 9.17) is 9.15 Å². The SMILES string of the molecule is C=CCN1c2ccccc2C2CC1Oc1c2c(=O)oc2ccccc12. The van der Waals surface area contributed by atoms with E-state index < -0.39 is 0 Å². The van der Waals surface area contributed by atoms with E-state index in [9.17, 15) is 4.79 Å². The Labute approximate surface area is 144 Å². The number of para-hydroxylation sites is 2. The van der Waals surface area contributed by atoms with Gasteiger partial charge in [-0.2, -0.15) is 0 Å². The lowest BCUT2D eigenvalue weighted by Crippen LogP contribution is -2.48. The third kappa shape index (κ3) is 1.97. The van der Waals surface area contributed by atoms with Gasteiger partial charge in [-0.25, -0.2) is 4.79 Å². The first kappa shape index (κ1) is 14.3. The molecule has 2 unspecified atom stereocenters. The molecule has 0 spiro atoms. The highest BCUT2D eigenvalue weighted by molar-refractivity contribution is 5.85. The maximum absolute atomic E-state index is 12.7. The number of rotatable bonds is 2. The zero-order valence-electron chi connectivity index (χ0n) is 13.6. The van der Waals surface area contributed by atoms with E-state index in [2.05, 4.69) is 23.6 Å². The predicted octanol–water partition coefficient (Wildman–Crippen LogP) is 4.04. The average Bonchev–Trinajstić information content (AvgIpc) is 2.65. The van der Waals surface area contributed by atoms with Crippen LogP contribution >= 0.6 is 0 Å². The van der Waals surface area contributed by atoms with Crippen molar-refractivity contribution in [3.05, 3.63) is 82.7 Å². The fraction of sp³-hybridized carbons (Fsp3) is 0.190. The number of anilines is 1. The zero-order valence-corrected chi connectivity index (χ0v) is 13.6. The summed E-state index contributed by atoms with van der Waals surface area (Å²) < 4.78 is 11.9. The summed E-state index contributed by atoms with van der Waals surface area (Å²) in [6.45, 7) is 4.58. The minimum atomic E-state index is -0.302. The van der Waals surface area contributed by atoms with Crippen LogP contribution in [0.15, 0.2) is 70.4 Å². The highest BCUT2D eigenvalue weighted by atomic mass is 16.5. The van der Waals surface area contributed by atoms with Crippen LogP contribution in [-0.2, 0) is 0 Å². The first-order valence-corrected chi connectivity index (χ1v) is 8.47. The minimum Gasteiger partial charge on any atom is -0.469 e. The summed E-state index contributed by atoms with van der Waals surface area (Å²) in [5.41, 5.74) is 3.15. The second-order valence-electron chi connectivity index (χ2n) is 6.49. The van der Waals surface area contributed by atoms with Crippen LogP contribution in [0.25, 0.3) is 11.0 Å². The van der Waals surface area contributed by atoms with E-state index in [1.165, 1.54) is 0 Å².